The Morgan fingerprint density at radius 1 is 1.22 bits per heavy atom. The maximum absolute atomic E-state index is 13.9. The van der Waals surface area contributed by atoms with Crippen molar-refractivity contribution >= 4 is 22.5 Å². The Bertz CT molecular complexity index is 934. The van der Waals surface area contributed by atoms with E-state index < -0.39 is 5.82 Å². The zero-order valence-corrected chi connectivity index (χ0v) is 12.6. The van der Waals surface area contributed by atoms with Gasteiger partial charge in [0.15, 0.2) is 5.82 Å². The molecular formula is C15H14FN7. The number of benzene rings is 1. The second-order valence-electron chi connectivity index (χ2n) is 5.68. The molecule has 3 aromatic rings. The largest absolute Gasteiger partial charge is 0.351 e. The number of halogens is 1. The van der Waals surface area contributed by atoms with Crippen LogP contribution in [0, 0.1) is 17.1 Å². The van der Waals surface area contributed by atoms with E-state index in [0.29, 0.717) is 22.5 Å². The van der Waals surface area contributed by atoms with E-state index in [-0.39, 0.29) is 5.56 Å². The summed E-state index contributed by atoms with van der Waals surface area (Å²) < 4.78 is 15.7. The molecule has 8 heteroatoms. The van der Waals surface area contributed by atoms with E-state index >= 15 is 0 Å². The van der Waals surface area contributed by atoms with Gasteiger partial charge >= 0.3 is 0 Å². The highest BCUT2D eigenvalue weighted by Gasteiger charge is 2.21. The van der Waals surface area contributed by atoms with Crippen LogP contribution in [0.2, 0.25) is 0 Å². The summed E-state index contributed by atoms with van der Waals surface area (Å²) in [4.78, 5) is 8.98. The van der Waals surface area contributed by atoms with Crippen molar-refractivity contribution in [3.8, 4) is 6.07 Å². The van der Waals surface area contributed by atoms with Crippen molar-refractivity contribution in [2.75, 3.05) is 38.1 Å². The number of fused-ring (bicyclic) bond motifs is 3. The third-order valence-electron chi connectivity index (χ3n) is 4.22. The number of nitriles is 1. The van der Waals surface area contributed by atoms with Gasteiger partial charge in [0.2, 0.25) is 5.65 Å². The van der Waals surface area contributed by atoms with Gasteiger partial charge in [-0.2, -0.15) is 5.26 Å². The molecule has 0 saturated carbocycles. The van der Waals surface area contributed by atoms with Gasteiger partial charge in [0.1, 0.15) is 18.2 Å². The van der Waals surface area contributed by atoms with Crippen LogP contribution in [0.5, 0.6) is 0 Å². The number of likely N-dealkylation sites (N-methyl/N-ethyl adjacent to an activating group) is 1. The molecule has 0 aliphatic carbocycles. The standard InChI is InChI=1S/C15H14FN7/c1-21-2-4-22(5-3-21)14-15-20-18-9-23(15)13-6-10(8-17)11(16)7-12(13)19-14/h6-7,9H,2-5H2,1H3. The molecule has 0 N–H and O–H groups in total. The van der Waals surface area contributed by atoms with Crippen LogP contribution < -0.4 is 4.90 Å². The zero-order chi connectivity index (χ0) is 16.0. The van der Waals surface area contributed by atoms with Crippen LogP contribution in [-0.4, -0.2) is 57.7 Å². The molecule has 1 aliphatic heterocycles. The molecule has 23 heavy (non-hydrogen) atoms. The first-order chi connectivity index (χ1) is 11.2. The third kappa shape index (κ3) is 2.17. The van der Waals surface area contributed by atoms with E-state index in [1.54, 1.807) is 10.7 Å². The molecule has 7 nitrogen and oxygen atoms in total. The Labute approximate surface area is 131 Å². The minimum atomic E-state index is -0.566. The van der Waals surface area contributed by atoms with Crippen LogP contribution in [-0.2, 0) is 0 Å². The molecule has 1 saturated heterocycles. The molecular weight excluding hydrogens is 297 g/mol. The van der Waals surface area contributed by atoms with E-state index in [4.69, 9.17) is 5.26 Å². The van der Waals surface area contributed by atoms with Gasteiger partial charge in [-0.25, -0.2) is 9.37 Å². The second kappa shape index (κ2) is 5.14. The van der Waals surface area contributed by atoms with Crippen molar-refractivity contribution < 1.29 is 4.39 Å². The van der Waals surface area contributed by atoms with Crippen molar-refractivity contribution in [1.82, 2.24) is 24.5 Å². The fraction of sp³-hybridized carbons (Fsp3) is 0.333. The molecule has 2 aromatic heterocycles. The third-order valence-corrected chi connectivity index (χ3v) is 4.22. The molecule has 1 aliphatic rings. The molecule has 0 atom stereocenters. The summed E-state index contributed by atoms with van der Waals surface area (Å²) in [6, 6.07) is 4.64. The fourth-order valence-electron chi connectivity index (χ4n) is 2.88. The number of hydrogen-bond donors (Lipinski definition) is 0. The monoisotopic (exact) mass is 311 g/mol. The van der Waals surface area contributed by atoms with Gasteiger partial charge in [0, 0.05) is 32.2 Å². The van der Waals surface area contributed by atoms with E-state index in [2.05, 4.69) is 32.0 Å². The lowest BCUT2D eigenvalue weighted by atomic mass is 10.2. The van der Waals surface area contributed by atoms with E-state index in [9.17, 15) is 4.39 Å². The highest BCUT2D eigenvalue weighted by atomic mass is 19.1. The lowest BCUT2D eigenvalue weighted by molar-refractivity contribution is 0.312. The van der Waals surface area contributed by atoms with Gasteiger partial charge in [-0.15, -0.1) is 10.2 Å². The van der Waals surface area contributed by atoms with Crippen LogP contribution >= 0.6 is 0 Å². The molecule has 3 heterocycles. The Balaban J connectivity index is 1.94. The lowest BCUT2D eigenvalue weighted by Gasteiger charge is -2.33. The SMILES string of the molecule is CN1CCN(c2nc3cc(F)c(C#N)cc3n3cnnc23)CC1. The fourth-order valence-corrected chi connectivity index (χ4v) is 2.88. The van der Waals surface area contributed by atoms with Gasteiger partial charge in [-0.05, 0) is 13.1 Å². The summed E-state index contributed by atoms with van der Waals surface area (Å²) in [5.41, 5.74) is 1.72. The number of rotatable bonds is 1. The van der Waals surface area contributed by atoms with Gasteiger partial charge < -0.3 is 9.80 Å². The average molecular weight is 311 g/mol. The van der Waals surface area contributed by atoms with Gasteiger partial charge in [-0.1, -0.05) is 0 Å². The molecule has 1 fully saturated rings. The Kier molecular flexibility index (Phi) is 3.09. The summed E-state index contributed by atoms with van der Waals surface area (Å²) >= 11 is 0. The van der Waals surface area contributed by atoms with E-state index in [0.717, 1.165) is 26.2 Å². The Morgan fingerprint density at radius 3 is 2.74 bits per heavy atom. The second-order valence-corrected chi connectivity index (χ2v) is 5.68. The summed E-state index contributed by atoms with van der Waals surface area (Å²) in [5, 5.41) is 17.1. The normalized spacial score (nSPS) is 16.1. The predicted molar refractivity (Wildman–Crippen MR) is 82.7 cm³/mol. The van der Waals surface area contributed by atoms with Crippen LogP contribution in [0.4, 0.5) is 10.2 Å². The molecule has 0 unspecified atom stereocenters. The minimum absolute atomic E-state index is 0.0124. The lowest BCUT2D eigenvalue weighted by Crippen LogP contribution is -2.45. The van der Waals surface area contributed by atoms with E-state index in [1.807, 2.05) is 6.07 Å². The van der Waals surface area contributed by atoms with Crippen molar-refractivity contribution in [1.29, 1.82) is 5.26 Å². The topological polar surface area (TPSA) is 73.3 Å². The van der Waals surface area contributed by atoms with Crippen molar-refractivity contribution in [2.24, 2.45) is 0 Å². The molecule has 4 rings (SSSR count). The number of nitrogens with zero attached hydrogens (tertiary/aromatic N) is 7. The summed E-state index contributed by atoms with van der Waals surface area (Å²) in [7, 11) is 2.08. The maximum Gasteiger partial charge on any atom is 0.204 e. The molecule has 0 spiro atoms. The van der Waals surface area contributed by atoms with Crippen molar-refractivity contribution in [2.45, 2.75) is 0 Å². The number of hydrogen-bond acceptors (Lipinski definition) is 6. The first kappa shape index (κ1) is 13.8. The Morgan fingerprint density at radius 2 is 2.00 bits per heavy atom. The van der Waals surface area contributed by atoms with E-state index in [1.165, 1.54) is 12.1 Å². The Hall–Kier alpha value is -2.79. The minimum Gasteiger partial charge on any atom is -0.351 e. The van der Waals surface area contributed by atoms with Crippen molar-refractivity contribution in [3.05, 3.63) is 29.8 Å². The highest BCUT2D eigenvalue weighted by Crippen LogP contribution is 2.25. The first-order valence-electron chi connectivity index (χ1n) is 7.34. The van der Waals surface area contributed by atoms with Crippen LogP contribution in [0.3, 0.4) is 0 Å². The van der Waals surface area contributed by atoms with Gasteiger partial charge in [0.25, 0.3) is 0 Å². The van der Waals surface area contributed by atoms with Crippen LogP contribution in [0.1, 0.15) is 5.56 Å². The number of aromatic nitrogens is 4. The first-order valence-corrected chi connectivity index (χ1v) is 7.34. The number of piperazine rings is 1. The summed E-state index contributed by atoms with van der Waals surface area (Å²) in [5.74, 6) is 0.136. The highest BCUT2D eigenvalue weighted by molar-refractivity contribution is 5.84. The molecule has 0 amide bonds. The molecule has 116 valence electrons. The van der Waals surface area contributed by atoms with Gasteiger partial charge in [-0.3, -0.25) is 4.40 Å². The van der Waals surface area contributed by atoms with Gasteiger partial charge in [0.05, 0.1) is 16.6 Å². The summed E-state index contributed by atoms with van der Waals surface area (Å²) in [6.45, 7) is 3.52. The molecule has 1 aromatic carbocycles. The molecule has 0 bridgehead atoms. The smallest absolute Gasteiger partial charge is 0.204 e. The molecule has 0 radical (unpaired) electrons. The van der Waals surface area contributed by atoms with Crippen LogP contribution in [0.25, 0.3) is 16.7 Å². The summed E-state index contributed by atoms with van der Waals surface area (Å²) in [6.07, 6.45) is 1.57. The number of anilines is 1. The average Bonchev–Trinajstić information content (AvgIpc) is 3.04. The van der Waals surface area contributed by atoms with Crippen LogP contribution in [0.15, 0.2) is 18.5 Å². The zero-order valence-electron chi connectivity index (χ0n) is 12.6. The predicted octanol–water partition coefficient (Wildman–Crippen LogP) is 1.04. The quantitative estimate of drug-likeness (QED) is 0.668. The van der Waals surface area contributed by atoms with Crippen molar-refractivity contribution in [3.63, 3.8) is 0 Å². The maximum atomic E-state index is 13.9.